The van der Waals surface area contributed by atoms with Gasteiger partial charge in [0, 0.05) is 12.5 Å². The van der Waals surface area contributed by atoms with Crippen LogP contribution in [-0.4, -0.2) is 25.1 Å². The monoisotopic (exact) mass is 420 g/mol. The summed E-state index contributed by atoms with van der Waals surface area (Å²) in [5.74, 6) is 4.96. The molecule has 2 aliphatic carbocycles. The van der Waals surface area contributed by atoms with Crippen LogP contribution in [0.4, 0.5) is 0 Å². The maximum Gasteiger partial charge on any atom is 0.192 e. The number of hydrogen-bond acceptors (Lipinski definition) is 2. The molecular formula is C26H48O2Si. The van der Waals surface area contributed by atoms with Crippen LogP contribution in [0.1, 0.15) is 99.3 Å². The van der Waals surface area contributed by atoms with E-state index in [2.05, 4.69) is 46.7 Å². The first kappa shape index (κ1) is 25.0. The fourth-order valence-corrected chi connectivity index (χ4v) is 7.42. The van der Waals surface area contributed by atoms with Crippen molar-refractivity contribution in [2.24, 2.45) is 23.2 Å². The van der Waals surface area contributed by atoms with E-state index in [0.717, 1.165) is 25.7 Å². The molecule has 2 rings (SSSR count). The molecule has 0 saturated heterocycles. The second-order valence-electron chi connectivity index (χ2n) is 12.5. The lowest BCUT2D eigenvalue weighted by Crippen LogP contribution is -2.50. The molecular weight excluding hydrogens is 372 g/mol. The van der Waals surface area contributed by atoms with Gasteiger partial charge in [0.2, 0.25) is 0 Å². The highest BCUT2D eigenvalue weighted by molar-refractivity contribution is 6.74. The number of rotatable bonds is 8. The SMILES string of the molecule is C#CC[C@H](CCCC(C)(C)O)[C@H]1CC[C@H]2[C@@H](O[Si](C)(C)C(C)(C)C)CCC[C@]12C. The molecule has 0 aromatic rings. The van der Waals surface area contributed by atoms with Gasteiger partial charge in [-0.2, -0.15) is 0 Å². The van der Waals surface area contributed by atoms with Crippen molar-refractivity contribution in [2.75, 3.05) is 0 Å². The topological polar surface area (TPSA) is 29.5 Å². The minimum absolute atomic E-state index is 0.266. The Morgan fingerprint density at radius 2 is 1.83 bits per heavy atom. The molecule has 2 aliphatic rings. The molecule has 0 radical (unpaired) electrons. The van der Waals surface area contributed by atoms with Crippen molar-refractivity contribution in [3.63, 3.8) is 0 Å². The minimum Gasteiger partial charge on any atom is -0.414 e. The Balaban J connectivity index is 2.14. The van der Waals surface area contributed by atoms with Gasteiger partial charge in [-0.25, -0.2) is 0 Å². The fraction of sp³-hybridized carbons (Fsp3) is 0.923. The second-order valence-corrected chi connectivity index (χ2v) is 17.2. The van der Waals surface area contributed by atoms with Crippen molar-refractivity contribution >= 4 is 8.32 Å². The normalized spacial score (nSPS) is 31.9. The van der Waals surface area contributed by atoms with Gasteiger partial charge in [-0.15, -0.1) is 12.3 Å². The molecule has 0 heterocycles. The highest BCUT2D eigenvalue weighted by Gasteiger charge is 2.54. The average Bonchev–Trinajstić information content (AvgIpc) is 2.89. The third kappa shape index (κ3) is 5.90. The van der Waals surface area contributed by atoms with E-state index in [1.54, 1.807) is 0 Å². The molecule has 2 saturated carbocycles. The third-order valence-electron chi connectivity index (χ3n) is 8.70. The maximum absolute atomic E-state index is 10.1. The van der Waals surface area contributed by atoms with Gasteiger partial charge in [-0.3, -0.25) is 0 Å². The number of fused-ring (bicyclic) bond motifs is 1. The average molecular weight is 421 g/mol. The summed E-state index contributed by atoms with van der Waals surface area (Å²) >= 11 is 0. The van der Waals surface area contributed by atoms with Crippen molar-refractivity contribution in [1.82, 2.24) is 0 Å². The zero-order chi connectivity index (χ0) is 22.1. The molecule has 0 aromatic heterocycles. The van der Waals surface area contributed by atoms with E-state index in [1.807, 2.05) is 13.8 Å². The summed E-state index contributed by atoms with van der Waals surface area (Å²) < 4.78 is 7.00. The van der Waals surface area contributed by atoms with Crippen LogP contribution in [0.15, 0.2) is 0 Å². The Bertz CT molecular complexity index is 577. The zero-order valence-corrected chi connectivity index (χ0v) is 21.6. The molecule has 0 unspecified atom stereocenters. The molecule has 0 aliphatic heterocycles. The van der Waals surface area contributed by atoms with Crippen molar-refractivity contribution in [3.8, 4) is 12.3 Å². The zero-order valence-electron chi connectivity index (χ0n) is 20.6. The second kappa shape index (κ2) is 9.05. The van der Waals surface area contributed by atoms with E-state index in [-0.39, 0.29) is 5.04 Å². The van der Waals surface area contributed by atoms with Gasteiger partial charge in [-0.1, -0.05) is 40.5 Å². The van der Waals surface area contributed by atoms with E-state index in [4.69, 9.17) is 10.8 Å². The molecule has 5 atom stereocenters. The quantitative estimate of drug-likeness (QED) is 0.333. The van der Waals surface area contributed by atoms with Crippen molar-refractivity contribution in [2.45, 2.75) is 129 Å². The van der Waals surface area contributed by atoms with Crippen LogP contribution in [0.3, 0.4) is 0 Å². The molecule has 2 fully saturated rings. The minimum atomic E-state index is -1.75. The Morgan fingerprint density at radius 3 is 2.38 bits per heavy atom. The van der Waals surface area contributed by atoms with E-state index in [0.29, 0.717) is 29.3 Å². The van der Waals surface area contributed by atoms with Gasteiger partial charge in [0.05, 0.1) is 5.60 Å². The van der Waals surface area contributed by atoms with E-state index < -0.39 is 13.9 Å². The summed E-state index contributed by atoms with van der Waals surface area (Å²) in [6.07, 6.45) is 16.6. The number of aliphatic hydroxyl groups is 1. The predicted molar refractivity (Wildman–Crippen MR) is 127 cm³/mol. The Labute approximate surface area is 182 Å². The van der Waals surface area contributed by atoms with E-state index in [9.17, 15) is 5.11 Å². The molecule has 3 heteroatoms. The fourth-order valence-electron chi connectivity index (χ4n) is 6.02. The largest absolute Gasteiger partial charge is 0.414 e. The number of hydrogen-bond donors (Lipinski definition) is 1. The summed E-state index contributed by atoms with van der Waals surface area (Å²) in [6.45, 7) is 18.3. The summed E-state index contributed by atoms with van der Waals surface area (Å²) in [4.78, 5) is 0. The van der Waals surface area contributed by atoms with Crippen LogP contribution in [0.5, 0.6) is 0 Å². The van der Waals surface area contributed by atoms with Gasteiger partial charge in [0.15, 0.2) is 8.32 Å². The van der Waals surface area contributed by atoms with Gasteiger partial charge >= 0.3 is 0 Å². The van der Waals surface area contributed by atoms with Crippen LogP contribution < -0.4 is 0 Å². The van der Waals surface area contributed by atoms with Crippen LogP contribution in [0.2, 0.25) is 18.1 Å². The third-order valence-corrected chi connectivity index (χ3v) is 13.2. The Kier molecular flexibility index (Phi) is 7.79. The molecule has 168 valence electrons. The smallest absolute Gasteiger partial charge is 0.192 e. The molecule has 2 nitrogen and oxygen atoms in total. The summed E-state index contributed by atoms with van der Waals surface area (Å²) in [5.41, 5.74) is -0.211. The molecule has 1 N–H and O–H groups in total. The first-order valence-electron chi connectivity index (χ1n) is 12.0. The highest BCUT2D eigenvalue weighted by Crippen LogP contribution is 2.60. The van der Waals surface area contributed by atoms with Crippen LogP contribution >= 0.6 is 0 Å². The van der Waals surface area contributed by atoms with E-state index >= 15 is 0 Å². The van der Waals surface area contributed by atoms with Crippen LogP contribution in [-0.2, 0) is 4.43 Å². The van der Waals surface area contributed by atoms with Gasteiger partial charge in [-0.05, 0) is 93.7 Å². The van der Waals surface area contributed by atoms with Crippen molar-refractivity contribution in [3.05, 3.63) is 0 Å². The molecule has 0 amide bonds. The van der Waals surface area contributed by atoms with Crippen molar-refractivity contribution in [1.29, 1.82) is 0 Å². The highest BCUT2D eigenvalue weighted by atomic mass is 28.4. The van der Waals surface area contributed by atoms with Gasteiger partial charge in [0.25, 0.3) is 0 Å². The first-order chi connectivity index (χ1) is 13.2. The molecule has 0 bridgehead atoms. The summed E-state index contributed by atoms with van der Waals surface area (Å²) in [5, 5.41) is 10.4. The summed E-state index contributed by atoms with van der Waals surface area (Å²) in [7, 11) is -1.75. The van der Waals surface area contributed by atoms with E-state index in [1.165, 1.54) is 32.1 Å². The standard InChI is InChI=1S/C26H48O2Si/c1-10-13-20(14-11-18-25(5,6)27)21-16-17-22-23(15-12-19-26(21,22)7)28-29(8,9)24(2,3)4/h1,20-23,27H,11-19H2,2-9H3/t20-,21-,22+,23+,26-/m1/s1. The lowest BCUT2D eigenvalue weighted by atomic mass is 9.60. The molecule has 29 heavy (non-hydrogen) atoms. The predicted octanol–water partition coefficient (Wildman–Crippen LogP) is 7.17. The summed E-state index contributed by atoms with van der Waals surface area (Å²) in [6, 6.07) is 0. The van der Waals surface area contributed by atoms with Crippen LogP contribution in [0, 0.1) is 35.5 Å². The first-order valence-corrected chi connectivity index (χ1v) is 15.0. The van der Waals surface area contributed by atoms with Gasteiger partial charge in [0.1, 0.15) is 0 Å². The molecule has 0 aromatic carbocycles. The van der Waals surface area contributed by atoms with Crippen molar-refractivity contribution < 1.29 is 9.53 Å². The lowest BCUT2D eigenvalue weighted by Gasteiger charge is -2.50. The lowest BCUT2D eigenvalue weighted by molar-refractivity contribution is -0.0234. The number of terminal acetylenes is 1. The molecule has 0 spiro atoms. The Morgan fingerprint density at radius 1 is 1.17 bits per heavy atom. The maximum atomic E-state index is 10.1. The van der Waals surface area contributed by atoms with Gasteiger partial charge < -0.3 is 9.53 Å². The van der Waals surface area contributed by atoms with Crippen LogP contribution in [0.25, 0.3) is 0 Å². The Hall–Kier alpha value is -0.303.